The first-order valence-electron chi connectivity index (χ1n) is 19.0. The van der Waals surface area contributed by atoms with Crippen molar-refractivity contribution in [1.82, 2.24) is 0 Å². The number of rotatable bonds is 6. The van der Waals surface area contributed by atoms with E-state index in [4.69, 9.17) is 19.7 Å². The molecule has 1 atom stereocenters. The van der Waals surface area contributed by atoms with Crippen LogP contribution >= 0.6 is 0 Å². The molecule has 1 aliphatic heterocycles. The molecule has 4 nitrogen and oxygen atoms in total. The minimum absolute atomic E-state index is 0.393. The standard InChI is InChI=1S/C52H34N3O/c1-5-15-34(16-6-1)49-53-50(35-17-7-2-8-18-35)55-51(54-49)38-27-30-44-43-29-26-37(32-47(43)56-48(44)33-38)36-25-28-42-41-23-13-14-24-45(41)52(46(42)31-36,39-19-9-3-10-20-39)40-21-11-4-12-22-40/h1-33,49H/q-1. The fraction of sp³-hybridized carbons (Fsp3) is 0.0385. The average Bonchev–Trinajstić information content (AvgIpc) is 3.80. The van der Waals surface area contributed by atoms with Crippen molar-refractivity contribution in [2.24, 2.45) is 9.98 Å². The van der Waals surface area contributed by atoms with E-state index in [1.165, 1.54) is 33.4 Å². The van der Waals surface area contributed by atoms with Crippen LogP contribution in [0.3, 0.4) is 0 Å². The smallest absolute Gasteiger partial charge is 0.136 e. The molecule has 0 radical (unpaired) electrons. The summed E-state index contributed by atoms with van der Waals surface area (Å²) in [6.45, 7) is 0. The molecule has 11 rings (SSSR count). The Balaban J connectivity index is 1.01. The highest BCUT2D eigenvalue weighted by Crippen LogP contribution is 2.56. The van der Waals surface area contributed by atoms with Gasteiger partial charge in [0.2, 0.25) is 0 Å². The zero-order chi connectivity index (χ0) is 37.1. The summed E-state index contributed by atoms with van der Waals surface area (Å²) in [5.41, 5.74) is 13.9. The zero-order valence-corrected chi connectivity index (χ0v) is 30.4. The number of nitrogens with zero attached hydrogens (tertiary/aromatic N) is 3. The van der Waals surface area contributed by atoms with E-state index in [1.54, 1.807) is 0 Å². The third kappa shape index (κ3) is 5.07. The number of amidine groups is 2. The molecule has 0 saturated carbocycles. The van der Waals surface area contributed by atoms with Gasteiger partial charge in [-0.3, -0.25) is 4.99 Å². The van der Waals surface area contributed by atoms with E-state index in [-0.39, 0.29) is 0 Å². The van der Waals surface area contributed by atoms with E-state index in [0.717, 1.165) is 49.8 Å². The van der Waals surface area contributed by atoms with Crippen LogP contribution in [0.1, 0.15) is 45.1 Å². The topological polar surface area (TPSA) is 52.0 Å². The lowest BCUT2D eigenvalue weighted by atomic mass is 9.67. The minimum Gasteiger partial charge on any atom is -0.456 e. The van der Waals surface area contributed by atoms with Crippen molar-refractivity contribution >= 4 is 33.6 Å². The molecule has 2 aliphatic rings. The molecule has 4 heteroatoms. The Morgan fingerprint density at radius 1 is 0.446 bits per heavy atom. The first kappa shape index (κ1) is 32.2. The molecule has 0 amide bonds. The molecule has 0 spiro atoms. The van der Waals surface area contributed by atoms with Gasteiger partial charge in [0.25, 0.3) is 0 Å². The summed E-state index contributed by atoms with van der Waals surface area (Å²) >= 11 is 0. The van der Waals surface area contributed by atoms with Gasteiger partial charge in [-0.1, -0.05) is 176 Å². The van der Waals surface area contributed by atoms with Crippen molar-refractivity contribution in [3.05, 3.63) is 244 Å². The summed E-state index contributed by atoms with van der Waals surface area (Å²) in [6, 6.07) is 70.8. The Bertz CT molecular complexity index is 2940. The van der Waals surface area contributed by atoms with Gasteiger partial charge in [-0.15, -0.1) is 0 Å². The molecular formula is C52H34N3O-. The van der Waals surface area contributed by atoms with E-state index in [9.17, 15) is 0 Å². The Labute approximate surface area is 325 Å². The molecule has 0 saturated heterocycles. The van der Waals surface area contributed by atoms with Crippen LogP contribution in [-0.2, 0) is 5.41 Å². The number of fused-ring (bicyclic) bond motifs is 6. The van der Waals surface area contributed by atoms with Gasteiger partial charge in [0, 0.05) is 10.8 Å². The van der Waals surface area contributed by atoms with Gasteiger partial charge >= 0.3 is 0 Å². The van der Waals surface area contributed by atoms with Crippen LogP contribution in [0, 0.1) is 0 Å². The van der Waals surface area contributed by atoms with Crippen LogP contribution in [0.15, 0.2) is 215 Å². The van der Waals surface area contributed by atoms with Crippen LogP contribution in [-0.4, -0.2) is 11.7 Å². The Hall–Kier alpha value is -7.30. The molecule has 56 heavy (non-hydrogen) atoms. The van der Waals surface area contributed by atoms with Gasteiger partial charge in [0.05, 0.1) is 17.4 Å². The Morgan fingerprint density at radius 2 is 0.982 bits per heavy atom. The molecule has 1 aromatic heterocycles. The fourth-order valence-electron chi connectivity index (χ4n) is 8.78. The third-order valence-electron chi connectivity index (χ3n) is 11.4. The first-order valence-corrected chi connectivity index (χ1v) is 19.0. The molecule has 1 aliphatic carbocycles. The monoisotopic (exact) mass is 716 g/mol. The molecule has 9 aromatic rings. The number of hydrogen-bond donors (Lipinski definition) is 0. The molecule has 0 N–H and O–H groups in total. The second-order valence-electron chi connectivity index (χ2n) is 14.5. The van der Waals surface area contributed by atoms with Gasteiger partial charge < -0.3 is 14.7 Å². The van der Waals surface area contributed by atoms with E-state index in [1.807, 2.05) is 48.5 Å². The second kappa shape index (κ2) is 12.9. The predicted octanol–water partition coefficient (Wildman–Crippen LogP) is 12.9. The molecule has 0 fully saturated rings. The molecule has 8 aromatic carbocycles. The molecule has 0 bridgehead atoms. The van der Waals surface area contributed by atoms with Crippen molar-refractivity contribution in [1.29, 1.82) is 0 Å². The first-order chi connectivity index (χ1) is 27.7. The highest BCUT2D eigenvalue weighted by atomic mass is 16.3. The van der Waals surface area contributed by atoms with E-state index >= 15 is 0 Å². The predicted molar refractivity (Wildman–Crippen MR) is 229 cm³/mol. The maximum absolute atomic E-state index is 6.67. The molecule has 1 unspecified atom stereocenters. The van der Waals surface area contributed by atoms with Gasteiger partial charge in [0.15, 0.2) is 0 Å². The van der Waals surface area contributed by atoms with Crippen LogP contribution < -0.4 is 0 Å². The van der Waals surface area contributed by atoms with Crippen LogP contribution in [0.25, 0.3) is 49.5 Å². The number of aliphatic imine (C=N–C) groups is 2. The minimum atomic E-state index is -0.457. The number of benzene rings is 8. The summed E-state index contributed by atoms with van der Waals surface area (Å²) in [7, 11) is 0. The van der Waals surface area contributed by atoms with Crippen molar-refractivity contribution in [3.63, 3.8) is 0 Å². The van der Waals surface area contributed by atoms with E-state index in [0.29, 0.717) is 11.7 Å². The van der Waals surface area contributed by atoms with Crippen LogP contribution in [0.5, 0.6) is 0 Å². The van der Waals surface area contributed by atoms with Crippen molar-refractivity contribution in [3.8, 4) is 22.3 Å². The molecule has 2 heterocycles. The van der Waals surface area contributed by atoms with Gasteiger partial charge in [-0.25, -0.2) is 0 Å². The summed E-state index contributed by atoms with van der Waals surface area (Å²) in [5.74, 6) is 1.30. The summed E-state index contributed by atoms with van der Waals surface area (Å²) in [4.78, 5) is 9.92. The highest BCUT2D eigenvalue weighted by molar-refractivity contribution is 6.20. The number of furan rings is 1. The van der Waals surface area contributed by atoms with Gasteiger partial charge in [0.1, 0.15) is 11.2 Å². The summed E-state index contributed by atoms with van der Waals surface area (Å²) < 4.78 is 6.67. The zero-order valence-electron chi connectivity index (χ0n) is 30.4. The maximum Gasteiger partial charge on any atom is 0.136 e. The van der Waals surface area contributed by atoms with Crippen molar-refractivity contribution in [2.75, 3.05) is 0 Å². The van der Waals surface area contributed by atoms with E-state index in [2.05, 4.69) is 152 Å². The second-order valence-corrected chi connectivity index (χ2v) is 14.5. The lowest BCUT2D eigenvalue weighted by Crippen LogP contribution is -2.28. The van der Waals surface area contributed by atoms with Crippen molar-refractivity contribution in [2.45, 2.75) is 11.6 Å². The normalized spacial score (nSPS) is 15.5. The quantitative estimate of drug-likeness (QED) is 0.169. The number of hydrogen-bond acceptors (Lipinski definition) is 3. The largest absolute Gasteiger partial charge is 0.456 e. The van der Waals surface area contributed by atoms with Gasteiger partial charge in [-0.2, -0.15) is 0 Å². The Kier molecular flexibility index (Phi) is 7.42. The van der Waals surface area contributed by atoms with Crippen molar-refractivity contribution < 1.29 is 4.42 Å². The highest BCUT2D eigenvalue weighted by Gasteiger charge is 2.46. The van der Waals surface area contributed by atoms with Crippen LogP contribution in [0.2, 0.25) is 0 Å². The average molecular weight is 717 g/mol. The molecule has 264 valence electrons. The molecular weight excluding hydrogens is 683 g/mol. The van der Waals surface area contributed by atoms with Gasteiger partial charge in [-0.05, 0) is 91.5 Å². The lowest BCUT2D eigenvalue weighted by molar-refractivity contribution is 0.669. The third-order valence-corrected chi connectivity index (χ3v) is 11.4. The summed E-state index contributed by atoms with van der Waals surface area (Å²) in [6.07, 6.45) is -0.393. The lowest BCUT2D eigenvalue weighted by Gasteiger charge is -2.34. The SMILES string of the molecule is c1ccc(C2=NC(c3ccccc3)[N-]C(c3ccc4c(c3)oc3cc(-c5ccc6c(c5)C(c5ccccc5)(c5ccccc5)c5ccccc5-6)ccc34)=N2)cc1. The van der Waals surface area contributed by atoms with E-state index < -0.39 is 11.6 Å². The fourth-order valence-corrected chi connectivity index (χ4v) is 8.78. The Morgan fingerprint density at radius 3 is 1.68 bits per heavy atom. The maximum atomic E-state index is 6.67. The van der Waals surface area contributed by atoms with Crippen LogP contribution in [0.4, 0.5) is 0 Å². The summed E-state index contributed by atoms with van der Waals surface area (Å²) in [5, 5.41) is 7.16.